The van der Waals surface area contributed by atoms with E-state index in [9.17, 15) is 18.0 Å². The number of hydrogen-bond donors (Lipinski definition) is 0. The van der Waals surface area contributed by atoms with Crippen molar-refractivity contribution in [1.82, 2.24) is 4.57 Å². The summed E-state index contributed by atoms with van der Waals surface area (Å²) >= 11 is 0. The largest absolute Gasteiger partial charge is 0.423 e. The average molecular weight is 436 g/mol. The van der Waals surface area contributed by atoms with Gasteiger partial charge in [0, 0.05) is 34.0 Å². The van der Waals surface area contributed by atoms with Crippen molar-refractivity contribution in [2.75, 3.05) is 11.5 Å². The predicted molar refractivity (Wildman–Crippen MR) is 111 cm³/mol. The normalized spacial score (nSPS) is 14.0. The molecule has 0 aliphatic carbocycles. The van der Waals surface area contributed by atoms with Crippen molar-refractivity contribution in [2.24, 2.45) is 0 Å². The summed E-state index contributed by atoms with van der Waals surface area (Å²) in [7, 11) is -1.33. The molecule has 0 atom stereocenters. The summed E-state index contributed by atoms with van der Waals surface area (Å²) in [6.45, 7) is 7.18. The van der Waals surface area contributed by atoms with E-state index in [4.69, 9.17) is 10.00 Å². The van der Waals surface area contributed by atoms with Gasteiger partial charge in [0.25, 0.3) is 5.56 Å². The third-order valence-electron chi connectivity index (χ3n) is 5.05. The number of hydrogen-bond acceptors (Lipinski definition) is 4. The molecule has 1 aromatic carbocycles. The second kappa shape index (κ2) is 8.28. The van der Waals surface area contributed by atoms with Crippen molar-refractivity contribution in [1.29, 1.82) is 5.26 Å². The number of fused-ring (bicyclic) bond motifs is 1. The summed E-state index contributed by atoms with van der Waals surface area (Å²) in [4.78, 5) is 14.2. The summed E-state index contributed by atoms with van der Waals surface area (Å²) in [5.74, 6) is 0. The zero-order valence-electron chi connectivity index (χ0n) is 17.2. The number of ether oxygens (including phenoxy) is 1. The van der Waals surface area contributed by atoms with Crippen LogP contribution in [0.15, 0.2) is 35.3 Å². The number of anilines is 1. The van der Waals surface area contributed by atoms with Crippen LogP contribution in [-0.4, -0.2) is 19.2 Å². The first kappa shape index (κ1) is 22.1. The van der Waals surface area contributed by atoms with Crippen molar-refractivity contribution in [3.05, 3.63) is 63.1 Å². The standard InChI is InChI=1S/C21H24F3N3O2Si/c1-30(2,3)9-8-29-14-26-7-6-18(19(20(26)28)21(22,23)24)27-12-16-5-4-15(11-25)10-17(16)13-27/h4-7,10H,8-9,12-14H2,1-3H3. The summed E-state index contributed by atoms with van der Waals surface area (Å²) < 4.78 is 47.9. The Morgan fingerprint density at radius 2 is 1.87 bits per heavy atom. The highest BCUT2D eigenvalue weighted by atomic mass is 28.3. The van der Waals surface area contributed by atoms with E-state index in [1.54, 1.807) is 18.2 Å². The van der Waals surface area contributed by atoms with Gasteiger partial charge in [-0.2, -0.15) is 18.4 Å². The van der Waals surface area contributed by atoms with Crippen LogP contribution < -0.4 is 10.5 Å². The minimum Gasteiger partial charge on any atom is -0.362 e. The van der Waals surface area contributed by atoms with Crippen molar-refractivity contribution in [3.8, 4) is 6.07 Å². The topological polar surface area (TPSA) is 58.3 Å². The molecule has 5 nitrogen and oxygen atoms in total. The third kappa shape index (κ3) is 4.94. The molecular weight excluding hydrogens is 411 g/mol. The Morgan fingerprint density at radius 3 is 2.50 bits per heavy atom. The highest BCUT2D eigenvalue weighted by molar-refractivity contribution is 6.76. The minimum absolute atomic E-state index is 0.152. The maximum atomic E-state index is 13.8. The number of rotatable bonds is 6. The molecule has 0 fully saturated rings. The summed E-state index contributed by atoms with van der Waals surface area (Å²) in [5, 5.41) is 9.04. The van der Waals surface area contributed by atoms with E-state index in [1.807, 2.05) is 6.07 Å². The highest BCUT2D eigenvalue weighted by Gasteiger charge is 2.40. The Labute approximate surface area is 174 Å². The molecule has 2 aromatic rings. The van der Waals surface area contributed by atoms with E-state index < -0.39 is 25.4 Å². The maximum absolute atomic E-state index is 13.8. The van der Waals surface area contributed by atoms with Crippen molar-refractivity contribution in [2.45, 2.75) is 51.7 Å². The van der Waals surface area contributed by atoms with Gasteiger partial charge in [0.1, 0.15) is 12.3 Å². The van der Waals surface area contributed by atoms with Gasteiger partial charge in [-0.1, -0.05) is 25.7 Å². The fraction of sp³-hybridized carbons (Fsp3) is 0.429. The van der Waals surface area contributed by atoms with E-state index in [0.717, 1.165) is 21.7 Å². The van der Waals surface area contributed by atoms with Gasteiger partial charge in [-0.25, -0.2) is 0 Å². The lowest BCUT2D eigenvalue weighted by molar-refractivity contribution is -0.138. The molecule has 0 saturated carbocycles. The molecule has 1 aliphatic rings. The van der Waals surface area contributed by atoms with E-state index in [0.29, 0.717) is 12.2 Å². The highest BCUT2D eigenvalue weighted by Crippen LogP contribution is 2.37. The van der Waals surface area contributed by atoms with Gasteiger partial charge in [-0.05, 0) is 35.4 Å². The van der Waals surface area contributed by atoms with Crippen molar-refractivity contribution < 1.29 is 17.9 Å². The number of halogens is 3. The lowest BCUT2D eigenvalue weighted by atomic mass is 10.1. The average Bonchev–Trinajstić information content (AvgIpc) is 3.07. The zero-order chi connectivity index (χ0) is 22.1. The Bertz CT molecular complexity index is 1040. The number of benzene rings is 1. The number of alkyl halides is 3. The van der Waals surface area contributed by atoms with Gasteiger partial charge >= 0.3 is 6.18 Å². The van der Waals surface area contributed by atoms with E-state index >= 15 is 0 Å². The number of nitriles is 1. The Hall–Kier alpha value is -2.57. The molecule has 9 heteroatoms. The number of nitrogens with zero attached hydrogens (tertiary/aromatic N) is 3. The van der Waals surface area contributed by atoms with Crippen LogP contribution in [0.4, 0.5) is 18.9 Å². The molecule has 1 aliphatic heterocycles. The van der Waals surface area contributed by atoms with E-state index in [2.05, 4.69) is 19.6 Å². The van der Waals surface area contributed by atoms with Crippen LogP contribution in [0, 0.1) is 11.3 Å². The second-order valence-electron chi connectivity index (χ2n) is 8.65. The second-order valence-corrected chi connectivity index (χ2v) is 14.3. The lowest BCUT2D eigenvalue weighted by Gasteiger charge is -2.23. The van der Waals surface area contributed by atoms with Crippen LogP contribution in [-0.2, 0) is 30.7 Å². The molecule has 0 bridgehead atoms. The Kier molecular flexibility index (Phi) is 6.10. The fourth-order valence-electron chi connectivity index (χ4n) is 3.37. The fourth-order valence-corrected chi connectivity index (χ4v) is 4.13. The third-order valence-corrected chi connectivity index (χ3v) is 6.76. The maximum Gasteiger partial charge on any atom is 0.423 e. The summed E-state index contributed by atoms with van der Waals surface area (Å²) in [6.07, 6.45) is -3.44. The minimum atomic E-state index is -4.79. The number of aromatic nitrogens is 1. The molecule has 1 aromatic heterocycles. The molecule has 3 rings (SSSR count). The van der Waals surface area contributed by atoms with Crippen LogP contribution >= 0.6 is 0 Å². The van der Waals surface area contributed by atoms with Crippen molar-refractivity contribution >= 4 is 13.8 Å². The van der Waals surface area contributed by atoms with Gasteiger partial charge < -0.3 is 9.64 Å². The number of pyridine rings is 1. The van der Waals surface area contributed by atoms with Crippen LogP contribution in [0.5, 0.6) is 0 Å². The molecule has 0 N–H and O–H groups in total. The quantitative estimate of drug-likeness (QED) is 0.493. The van der Waals surface area contributed by atoms with Crippen LogP contribution in [0.25, 0.3) is 0 Å². The first-order valence-corrected chi connectivity index (χ1v) is 13.4. The SMILES string of the molecule is C[Si](C)(C)CCOCn1ccc(N2Cc3ccc(C#N)cc3C2)c(C(F)(F)F)c1=O. The first-order valence-electron chi connectivity index (χ1n) is 9.65. The first-order chi connectivity index (χ1) is 14.0. The molecule has 0 unspecified atom stereocenters. The van der Waals surface area contributed by atoms with Crippen molar-refractivity contribution in [3.63, 3.8) is 0 Å². The smallest absolute Gasteiger partial charge is 0.362 e. The molecule has 2 heterocycles. The Balaban J connectivity index is 1.86. The summed E-state index contributed by atoms with van der Waals surface area (Å²) in [5.41, 5.74) is -0.353. The van der Waals surface area contributed by atoms with Crippen LogP contribution in [0.1, 0.15) is 22.3 Å². The molecule has 160 valence electrons. The van der Waals surface area contributed by atoms with E-state index in [1.165, 1.54) is 17.2 Å². The molecule has 30 heavy (non-hydrogen) atoms. The lowest BCUT2D eigenvalue weighted by Crippen LogP contribution is -2.33. The predicted octanol–water partition coefficient (Wildman–Crippen LogP) is 4.57. The van der Waals surface area contributed by atoms with E-state index in [-0.39, 0.29) is 25.5 Å². The Morgan fingerprint density at radius 1 is 1.17 bits per heavy atom. The molecule has 0 amide bonds. The van der Waals surface area contributed by atoms with Gasteiger partial charge in [0.15, 0.2) is 0 Å². The summed E-state index contributed by atoms with van der Waals surface area (Å²) in [6, 6.07) is 9.28. The molecule has 0 spiro atoms. The van der Waals surface area contributed by atoms with Crippen LogP contribution in [0.2, 0.25) is 25.7 Å². The molecular formula is C21H24F3N3O2Si. The molecule has 0 saturated heterocycles. The monoisotopic (exact) mass is 435 g/mol. The van der Waals surface area contributed by atoms with Gasteiger partial charge in [0.05, 0.1) is 17.3 Å². The molecule has 0 radical (unpaired) electrons. The zero-order valence-corrected chi connectivity index (χ0v) is 18.2. The van der Waals surface area contributed by atoms with Gasteiger partial charge in [-0.3, -0.25) is 9.36 Å². The van der Waals surface area contributed by atoms with Gasteiger partial charge in [0.2, 0.25) is 0 Å². The van der Waals surface area contributed by atoms with Gasteiger partial charge in [-0.15, -0.1) is 0 Å². The van der Waals surface area contributed by atoms with Crippen LogP contribution in [0.3, 0.4) is 0 Å².